The average molecular weight is 366 g/mol. The lowest BCUT2D eigenvalue weighted by Gasteiger charge is -2.30. The number of nitrogens with zero attached hydrogens (tertiary/aromatic N) is 1. The SMILES string of the molecule is C=CCNC(=O)[C@H](Cc1ccccc1)N(Cc1ccc(OC)cc1)C(C)=O. The molecule has 0 bridgehead atoms. The summed E-state index contributed by atoms with van der Waals surface area (Å²) in [7, 11) is 1.61. The molecular formula is C22H26N2O3. The van der Waals surface area contributed by atoms with Gasteiger partial charge < -0.3 is 15.0 Å². The highest BCUT2D eigenvalue weighted by Gasteiger charge is 2.28. The van der Waals surface area contributed by atoms with Crippen LogP contribution in [0.3, 0.4) is 0 Å². The first kappa shape index (κ1) is 20.2. The van der Waals surface area contributed by atoms with E-state index >= 15 is 0 Å². The maximum atomic E-state index is 12.8. The van der Waals surface area contributed by atoms with Crippen LogP contribution in [0, 0.1) is 0 Å². The summed E-state index contributed by atoms with van der Waals surface area (Å²) in [6.07, 6.45) is 2.07. The molecule has 2 rings (SSSR count). The zero-order valence-corrected chi connectivity index (χ0v) is 15.9. The third-order valence-electron chi connectivity index (χ3n) is 4.29. The number of ether oxygens (including phenoxy) is 1. The fourth-order valence-corrected chi connectivity index (χ4v) is 2.84. The van der Waals surface area contributed by atoms with E-state index in [-0.39, 0.29) is 11.8 Å². The Morgan fingerprint density at radius 1 is 1.11 bits per heavy atom. The minimum atomic E-state index is -0.605. The second-order valence-corrected chi connectivity index (χ2v) is 6.23. The van der Waals surface area contributed by atoms with Crippen LogP contribution >= 0.6 is 0 Å². The number of hydrogen-bond acceptors (Lipinski definition) is 3. The molecule has 0 aliphatic rings. The van der Waals surface area contributed by atoms with Crippen molar-refractivity contribution in [2.24, 2.45) is 0 Å². The number of carbonyl (C=O) groups is 2. The third kappa shape index (κ3) is 5.99. The molecule has 0 heterocycles. The first-order chi connectivity index (χ1) is 13.0. The van der Waals surface area contributed by atoms with Gasteiger partial charge in [0.15, 0.2) is 0 Å². The molecule has 0 aromatic heterocycles. The van der Waals surface area contributed by atoms with Crippen molar-refractivity contribution in [3.8, 4) is 5.75 Å². The summed E-state index contributed by atoms with van der Waals surface area (Å²) < 4.78 is 5.18. The van der Waals surface area contributed by atoms with E-state index in [0.717, 1.165) is 16.9 Å². The van der Waals surface area contributed by atoms with E-state index in [1.807, 2.05) is 54.6 Å². The van der Waals surface area contributed by atoms with Crippen molar-refractivity contribution in [3.63, 3.8) is 0 Å². The maximum Gasteiger partial charge on any atom is 0.243 e. The van der Waals surface area contributed by atoms with Gasteiger partial charge >= 0.3 is 0 Å². The molecule has 0 saturated heterocycles. The Balaban J connectivity index is 2.26. The normalized spacial score (nSPS) is 11.3. The first-order valence-electron chi connectivity index (χ1n) is 8.87. The Bertz CT molecular complexity index is 757. The van der Waals surface area contributed by atoms with E-state index in [1.54, 1.807) is 18.1 Å². The van der Waals surface area contributed by atoms with Crippen LogP contribution in [0.5, 0.6) is 5.75 Å². The summed E-state index contributed by atoms with van der Waals surface area (Å²) >= 11 is 0. The van der Waals surface area contributed by atoms with Gasteiger partial charge in [-0.3, -0.25) is 9.59 Å². The molecule has 0 saturated carbocycles. The van der Waals surface area contributed by atoms with Crippen LogP contribution in [-0.2, 0) is 22.6 Å². The summed E-state index contributed by atoms with van der Waals surface area (Å²) in [5.74, 6) is 0.403. The molecule has 1 N–H and O–H groups in total. The average Bonchev–Trinajstić information content (AvgIpc) is 2.69. The van der Waals surface area contributed by atoms with E-state index in [2.05, 4.69) is 11.9 Å². The van der Waals surface area contributed by atoms with Crippen molar-refractivity contribution in [1.82, 2.24) is 10.2 Å². The van der Waals surface area contributed by atoms with Gasteiger partial charge in [0, 0.05) is 26.4 Å². The first-order valence-corrected chi connectivity index (χ1v) is 8.87. The molecule has 2 aromatic carbocycles. The molecule has 0 unspecified atom stereocenters. The largest absolute Gasteiger partial charge is 0.497 e. The predicted octanol–water partition coefficient (Wildman–Crippen LogP) is 2.96. The van der Waals surface area contributed by atoms with Crippen molar-refractivity contribution in [3.05, 3.63) is 78.4 Å². The standard InChI is InChI=1S/C22H26N2O3/c1-4-14-23-22(26)21(15-18-8-6-5-7-9-18)24(17(2)25)16-19-10-12-20(27-3)13-11-19/h4-13,21H,1,14-16H2,2-3H3,(H,23,26)/t21-/m0/s1. The fourth-order valence-electron chi connectivity index (χ4n) is 2.84. The van der Waals surface area contributed by atoms with Crippen molar-refractivity contribution in [1.29, 1.82) is 0 Å². The summed E-state index contributed by atoms with van der Waals surface area (Å²) in [6.45, 7) is 5.83. The number of amides is 2. The molecule has 27 heavy (non-hydrogen) atoms. The Hall–Kier alpha value is -3.08. The summed E-state index contributed by atoms with van der Waals surface area (Å²) in [4.78, 5) is 26.8. The van der Waals surface area contributed by atoms with E-state index in [1.165, 1.54) is 6.92 Å². The molecule has 2 amide bonds. The minimum absolute atomic E-state index is 0.152. The second-order valence-electron chi connectivity index (χ2n) is 6.23. The van der Waals surface area contributed by atoms with Gasteiger partial charge in [-0.2, -0.15) is 0 Å². The number of methoxy groups -OCH3 is 1. The van der Waals surface area contributed by atoms with E-state index in [4.69, 9.17) is 4.74 Å². The van der Waals surface area contributed by atoms with Gasteiger partial charge in [-0.15, -0.1) is 6.58 Å². The highest BCUT2D eigenvalue weighted by atomic mass is 16.5. The number of rotatable bonds is 9. The highest BCUT2D eigenvalue weighted by molar-refractivity contribution is 5.87. The van der Waals surface area contributed by atoms with E-state index < -0.39 is 6.04 Å². The molecule has 0 radical (unpaired) electrons. The smallest absolute Gasteiger partial charge is 0.243 e. The second kappa shape index (κ2) is 10.2. The Morgan fingerprint density at radius 3 is 2.33 bits per heavy atom. The van der Waals surface area contributed by atoms with Gasteiger partial charge in [0.2, 0.25) is 11.8 Å². The van der Waals surface area contributed by atoms with Crippen molar-refractivity contribution in [2.75, 3.05) is 13.7 Å². The van der Waals surface area contributed by atoms with E-state index in [9.17, 15) is 9.59 Å². The topological polar surface area (TPSA) is 58.6 Å². The lowest BCUT2D eigenvalue weighted by molar-refractivity contribution is -0.139. The number of carbonyl (C=O) groups excluding carboxylic acids is 2. The highest BCUT2D eigenvalue weighted by Crippen LogP contribution is 2.17. The summed E-state index contributed by atoms with van der Waals surface area (Å²) in [6, 6.07) is 16.6. The number of nitrogens with one attached hydrogen (secondary N) is 1. The Labute approximate surface area is 160 Å². The number of hydrogen-bond donors (Lipinski definition) is 1. The monoisotopic (exact) mass is 366 g/mol. The molecule has 1 atom stereocenters. The van der Waals surface area contributed by atoms with Gasteiger partial charge in [0.05, 0.1) is 7.11 Å². The molecule has 142 valence electrons. The van der Waals surface area contributed by atoms with Gasteiger partial charge in [-0.25, -0.2) is 0 Å². The lowest BCUT2D eigenvalue weighted by Crippen LogP contribution is -2.49. The van der Waals surface area contributed by atoms with Gasteiger partial charge in [0.25, 0.3) is 0 Å². The molecule has 0 aliphatic carbocycles. The lowest BCUT2D eigenvalue weighted by atomic mass is 10.0. The van der Waals surface area contributed by atoms with Crippen LogP contribution in [0.15, 0.2) is 67.3 Å². The quantitative estimate of drug-likeness (QED) is 0.694. The van der Waals surface area contributed by atoms with Gasteiger partial charge in [-0.05, 0) is 23.3 Å². The van der Waals surface area contributed by atoms with E-state index in [0.29, 0.717) is 19.5 Å². The van der Waals surface area contributed by atoms with Crippen LogP contribution in [-0.4, -0.2) is 36.4 Å². The van der Waals surface area contributed by atoms with Gasteiger partial charge in [-0.1, -0.05) is 48.5 Å². The Morgan fingerprint density at radius 2 is 1.78 bits per heavy atom. The zero-order chi connectivity index (χ0) is 19.6. The predicted molar refractivity (Wildman–Crippen MR) is 106 cm³/mol. The van der Waals surface area contributed by atoms with Crippen molar-refractivity contribution in [2.45, 2.75) is 25.9 Å². The maximum absolute atomic E-state index is 12.8. The minimum Gasteiger partial charge on any atom is -0.497 e. The summed E-state index contributed by atoms with van der Waals surface area (Å²) in [5, 5.41) is 2.82. The zero-order valence-electron chi connectivity index (χ0n) is 15.9. The molecule has 5 nitrogen and oxygen atoms in total. The third-order valence-corrected chi connectivity index (χ3v) is 4.29. The molecule has 2 aromatic rings. The molecular weight excluding hydrogens is 340 g/mol. The molecule has 5 heteroatoms. The Kier molecular flexibility index (Phi) is 7.62. The molecule has 0 spiro atoms. The molecule has 0 aliphatic heterocycles. The number of benzene rings is 2. The fraction of sp³-hybridized carbons (Fsp3) is 0.273. The summed E-state index contributed by atoms with van der Waals surface area (Å²) in [5.41, 5.74) is 1.93. The van der Waals surface area contributed by atoms with Crippen molar-refractivity contribution >= 4 is 11.8 Å². The van der Waals surface area contributed by atoms with Crippen LogP contribution in [0.4, 0.5) is 0 Å². The van der Waals surface area contributed by atoms with Crippen LogP contribution < -0.4 is 10.1 Å². The van der Waals surface area contributed by atoms with Crippen molar-refractivity contribution < 1.29 is 14.3 Å². The van der Waals surface area contributed by atoms with Crippen LogP contribution in [0.2, 0.25) is 0 Å². The molecule has 0 fully saturated rings. The van der Waals surface area contributed by atoms with Gasteiger partial charge in [0.1, 0.15) is 11.8 Å². The van der Waals surface area contributed by atoms with Crippen LogP contribution in [0.25, 0.3) is 0 Å². The van der Waals surface area contributed by atoms with Crippen LogP contribution in [0.1, 0.15) is 18.1 Å².